The van der Waals surface area contributed by atoms with Crippen molar-refractivity contribution >= 4 is 17.5 Å². The van der Waals surface area contributed by atoms with Crippen molar-refractivity contribution in [3.8, 4) is 5.69 Å². The van der Waals surface area contributed by atoms with Crippen molar-refractivity contribution in [2.75, 3.05) is 5.32 Å². The van der Waals surface area contributed by atoms with Gasteiger partial charge in [-0.05, 0) is 30.3 Å². The molecular formula is C16H14N6O2. The van der Waals surface area contributed by atoms with Gasteiger partial charge in [0.15, 0.2) is 0 Å². The Hall–Kier alpha value is -3.55. The second-order valence-corrected chi connectivity index (χ2v) is 4.88. The molecule has 0 bridgehead atoms. The first-order valence-corrected chi connectivity index (χ1v) is 7.16. The Morgan fingerprint density at radius 1 is 1.00 bits per heavy atom. The molecule has 0 unspecified atom stereocenters. The smallest absolute Gasteiger partial charge is 0.313 e. The summed E-state index contributed by atoms with van der Waals surface area (Å²) >= 11 is 0. The number of hydrogen-bond acceptors (Lipinski definition) is 5. The van der Waals surface area contributed by atoms with E-state index in [9.17, 15) is 9.59 Å². The molecule has 0 fully saturated rings. The lowest BCUT2D eigenvalue weighted by molar-refractivity contribution is -0.136. The third-order valence-corrected chi connectivity index (χ3v) is 3.18. The number of amides is 2. The average molecular weight is 322 g/mol. The Morgan fingerprint density at radius 3 is 2.58 bits per heavy atom. The molecule has 2 N–H and O–H groups in total. The highest BCUT2D eigenvalue weighted by atomic mass is 16.2. The van der Waals surface area contributed by atoms with E-state index in [1.807, 2.05) is 12.1 Å². The van der Waals surface area contributed by atoms with Crippen LogP contribution < -0.4 is 10.6 Å². The van der Waals surface area contributed by atoms with Crippen LogP contribution in [0.25, 0.3) is 5.69 Å². The van der Waals surface area contributed by atoms with E-state index in [0.717, 1.165) is 5.69 Å². The van der Waals surface area contributed by atoms with Crippen LogP contribution in [0.4, 0.5) is 5.69 Å². The number of pyridine rings is 1. The van der Waals surface area contributed by atoms with E-state index in [1.54, 1.807) is 53.8 Å². The first-order chi connectivity index (χ1) is 11.7. The summed E-state index contributed by atoms with van der Waals surface area (Å²) in [5, 5.41) is 12.5. The first-order valence-electron chi connectivity index (χ1n) is 7.16. The highest BCUT2D eigenvalue weighted by Gasteiger charge is 2.13. The maximum absolute atomic E-state index is 12.0. The van der Waals surface area contributed by atoms with Crippen LogP contribution >= 0.6 is 0 Å². The van der Waals surface area contributed by atoms with Gasteiger partial charge in [0.2, 0.25) is 0 Å². The van der Waals surface area contributed by atoms with Gasteiger partial charge in [-0.2, -0.15) is 0 Å². The van der Waals surface area contributed by atoms with E-state index in [2.05, 4.69) is 25.8 Å². The van der Waals surface area contributed by atoms with Crippen LogP contribution in [0, 0.1) is 0 Å². The molecule has 8 nitrogen and oxygen atoms in total. The van der Waals surface area contributed by atoms with Crippen LogP contribution in [0.1, 0.15) is 5.69 Å². The molecule has 1 aromatic carbocycles. The number of hydrogen-bond donors (Lipinski definition) is 2. The molecule has 3 aromatic rings. The number of anilines is 1. The van der Waals surface area contributed by atoms with Crippen molar-refractivity contribution in [1.29, 1.82) is 0 Å². The van der Waals surface area contributed by atoms with Gasteiger partial charge in [-0.25, -0.2) is 0 Å². The maximum Gasteiger partial charge on any atom is 0.313 e. The van der Waals surface area contributed by atoms with Crippen molar-refractivity contribution in [3.05, 3.63) is 67.0 Å². The lowest BCUT2D eigenvalue weighted by Gasteiger charge is -2.08. The predicted octanol–water partition coefficient (Wildman–Crippen LogP) is 0.917. The second-order valence-electron chi connectivity index (χ2n) is 4.88. The molecule has 2 aromatic heterocycles. The molecule has 0 saturated carbocycles. The number of carbonyl (C=O) groups is 2. The molecule has 0 atom stereocenters. The predicted molar refractivity (Wildman–Crippen MR) is 86.1 cm³/mol. The van der Waals surface area contributed by atoms with Gasteiger partial charge in [0, 0.05) is 11.9 Å². The van der Waals surface area contributed by atoms with Crippen molar-refractivity contribution in [2.45, 2.75) is 6.54 Å². The molecule has 0 aliphatic rings. The third kappa shape index (κ3) is 3.80. The number of benzene rings is 1. The molecule has 2 heterocycles. The first kappa shape index (κ1) is 15.3. The van der Waals surface area contributed by atoms with Gasteiger partial charge in [0.1, 0.15) is 12.7 Å². The van der Waals surface area contributed by atoms with Crippen molar-refractivity contribution in [2.24, 2.45) is 0 Å². The van der Waals surface area contributed by atoms with Gasteiger partial charge in [0.25, 0.3) is 0 Å². The number of carbonyl (C=O) groups excluding carboxylic acids is 2. The van der Waals surface area contributed by atoms with Crippen LogP contribution in [0.5, 0.6) is 0 Å². The van der Waals surface area contributed by atoms with Crippen LogP contribution in [0.2, 0.25) is 0 Å². The van der Waals surface area contributed by atoms with Gasteiger partial charge < -0.3 is 10.6 Å². The van der Waals surface area contributed by atoms with E-state index in [-0.39, 0.29) is 6.54 Å². The minimum atomic E-state index is -0.744. The Kier molecular flexibility index (Phi) is 4.57. The van der Waals surface area contributed by atoms with E-state index in [0.29, 0.717) is 11.4 Å². The molecule has 0 spiro atoms. The molecule has 0 radical (unpaired) electrons. The van der Waals surface area contributed by atoms with Gasteiger partial charge in [-0.3, -0.25) is 19.1 Å². The quantitative estimate of drug-likeness (QED) is 0.695. The molecule has 3 rings (SSSR count). The highest BCUT2D eigenvalue weighted by molar-refractivity contribution is 6.39. The van der Waals surface area contributed by atoms with Crippen molar-refractivity contribution < 1.29 is 9.59 Å². The Labute approximate surface area is 137 Å². The Bertz CT molecular complexity index is 833. The summed E-state index contributed by atoms with van der Waals surface area (Å²) in [5.74, 6) is -1.47. The summed E-state index contributed by atoms with van der Waals surface area (Å²) in [6, 6.07) is 12.4. The van der Waals surface area contributed by atoms with E-state index >= 15 is 0 Å². The zero-order valence-corrected chi connectivity index (χ0v) is 12.6. The number of rotatable bonds is 4. The summed E-state index contributed by atoms with van der Waals surface area (Å²) < 4.78 is 1.69. The number of nitrogens with one attached hydrogen (secondary N) is 2. The molecule has 0 aliphatic carbocycles. The van der Waals surface area contributed by atoms with E-state index < -0.39 is 11.8 Å². The van der Waals surface area contributed by atoms with E-state index in [4.69, 9.17) is 0 Å². The lowest BCUT2D eigenvalue weighted by atomic mass is 10.2. The van der Waals surface area contributed by atoms with Gasteiger partial charge in [0.05, 0.1) is 17.9 Å². The molecule has 0 aliphatic heterocycles. The fourth-order valence-corrected chi connectivity index (χ4v) is 2.02. The summed E-state index contributed by atoms with van der Waals surface area (Å²) in [6.07, 6.45) is 4.71. The summed E-state index contributed by atoms with van der Waals surface area (Å²) in [7, 11) is 0. The topological polar surface area (TPSA) is 102 Å². The molecule has 8 heteroatoms. The Morgan fingerprint density at radius 2 is 1.83 bits per heavy atom. The molecular weight excluding hydrogens is 308 g/mol. The normalized spacial score (nSPS) is 10.2. The minimum absolute atomic E-state index is 0.188. The monoisotopic (exact) mass is 322 g/mol. The fraction of sp³-hybridized carbons (Fsp3) is 0.0625. The Balaban J connectivity index is 1.60. The fourth-order valence-electron chi connectivity index (χ4n) is 2.02. The minimum Gasteiger partial charge on any atom is -0.342 e. The number of nitrogens with zero attached hydrogens (tertiary/aromatic N) is 4. The standard InChI is InChI=1S/C16H14N6O2/c23-15(18-9-13-4-1-2-7-17-13)16(24)21-12-5-3-6-14(8-12)22-10-19-20-11-22/h1-8,10-11H,9H2,(H,18,23)(H,21,24). The third-order valence-electron chi connectivity index (χ3n) is 3.18. The largest absolute Gasteiger partial charge is 0.342 e. The van der Waals surface area contributed by atoms with Crippen LogP contribution in [0.15, 0.2) is 61.3 Å². The molecule has 2 amide bonds. The summed E-state index contributed by atoms with van der Waals surface area (Å²) in [4.78, 5) is 27.9. The van der Waals surface area contributed by atoms with Gasteiger partial charge >= 0.3 is 11.8 Å². The average Bonchev–Trinajstić information content (AvgIpc) is 3.15. The van der Waals surface area contributed by atoms with E-state index in [1.165, 1.54) is 0 Å². The van der Waals surface area contributed by atoms with Crippen LogP contribution in [-0.2, 0) is 16.1 Å². The summed E-state index contributed by atoms with van der Waals surface area (Å²) in [5.41, 5.74) is 1.94. The molecule has 0 saturated heterocycles. The van der Waals surface area contributed by atoms with Gasteiger partial charge in [-0.1, -0.05) is 12.1 Å². The second kappa shape index (κ2) is 7.14. The van der Waals surface area contributed by atoms with Gasteiger partial charge in [-0.15, -0.1) is 10.2 Å². The number of aromatic nitrogens is 4. The van der Waals surface area contributed by atoms with Crippen molar-refractivity contribution in [1.82, 2.24) is 25.1 Å². The van der Waals surface area contributed by atoms with Crippen LogP contribution in [0.3, 0.4) is 0 Å². The molecule has 24 heavy (non-hydrogen) atoms. The molecule has 120 valence electrons. The van der Waals surface area contributed by atoms with Crippen LogP contribution in [-0.4, -0.2) is 31.6 Å². The maximum atomic E-state index is 12.0. The highest BCUT2D eigenvalue weighted by Crippen LogP contribution is 2.13. The SMILES string of the molecule is O=C(NCc1ccccn1)C(=O)Nc1cccc(-n2cnnc2)c1. The lowest BCUT2D eigenvalue weighted by Crippen LogP contribution is -2.35. The zero-order valence-electron chi connectivity index (χ0n) is 12.6. The van der Waals surface area contributed by atoms with Crippen molar-refractivity contribution in [3.63, 3.8) is 0 Å². The zero-order chi connectivity index (χ0) is 16.8. The summed E-state index contributed by atoms with van der Waals surface area (Å²) in [6.45, 7) is 0.188.